The molecule has 0 aromatic carbocycles. The molecule has 0 fully saturated rings. The first-order valence-corrected chi connectivity index (χ1v) is 7.75. The Morgan fingerprint density at radius 1 is 1.56 bits per heavy atom. The molecule has 2 heterocycles. The van der Waals surface area contributed by atoms with Crippen molar-refractivity contribution >= 4 is 27.3 Å². The Morgan fingerprint density at radius 3 is 2.83 bits per heavy atom. The zero-order valence-corrected chi connectivity index (χ0v) is 13.3. The normalized spacial score (nSPS) is 12.9. The van der Waals surface area contributed by atoms with Crippen LogP contribution in [-0.4, -0.2) is 16.3 Å². The van der Waals surface area contributed by atoms with E-state index in [4.69, 9.17) is 0 Å². The largest absolute Gasteiger partial charge is 0.309 e. The Bertz CT molecular complexity index is 518. The van der Waals surface area contributed by atoms with Gasteiger partial charge in [-0.15, -0.1) is 11.3 Å². The van der Waals surface area contributed by atoms with Crippen LogP contribution in [0.3, 0.4) is 0 Å². The van der Waals surface area contributed by atoms with Gasteiger partial charge in [0.15, 0.2) is 0 Å². The van der Waals surface area contributed by atoms with E-state index in [1.807, 2.05) is 18.7 Å². The lowest BCUT2D eigenvalue weighted by molar-refractivity contribution is 0.510. The summed E-state index contributed by atoms with van der Waals surface area (Å²) in [6, 6.07) is 4.59. The molecule has 0 saturated carbocycles. The van der Waals surface area contributed by atoms with E-state index in [0.29, 0.717) is 6.04 Å². The Labute approximate surface area is 120 Å². The van der Waals surface area contributed by atoms with Gasteiger partial charge < -0.3 is 5.32 Å². The van der Waals surface area contributed by atoms with Gasteiger partial charge in [0.1, 0.15) is 0 Å². The number of aryl methyl sites for hydroxylation is 2. The van der Waals surface area contributed by atoms with Gasteiger partial charge >= 0.3 is 0 Å². The summed E-state index contributed by atoms with van der Waals surface area (Å²) in [4.78, 5) is 1.37. The minimum Gasteiger partial charge on any atom is -0.309 e. The molecule has 0 amide bonds. The fourth-order valence-electron chi connectivity index (χ4n) is 2.14. The molecule has 0 aliphatic heterocycles. The zero-order chi connectivity index (χ0) is 13.1. The van der Waals surface area contributed by atoms with Crippen molar-refractivity contribution in [3.63, 3.8) is 0 Å². The minimum absolute atomic E-state index is 0.316. The number of hydrogen-bond acceptors (Lipinski definition) is 3. The van der Waals surface area contributed by atoms with Gasteiger partial charge in [-0.05, 0) is 46.9 Å². The Kier molecular flexibility index (Phi) is 4.59. The van der Waals surface area contributed by atoms with Gasteiger partial charge in [0.2, 0.25) is 0 Å². The van der Waals surface area contributed by atoms with Crippen molar-refractivity contribution < 1.29 is 0 Å². The number of thiophene rings is 1. The lowest BCUT2D eigenvalue weighted by atomic mass is 10.1. The second kappa shape index (κ2) is 5.99. The monoisotopic (exact) mass is 327 g/mol. The third-order valence-corrected chi connectivity index (χ3v) is 4.87. The lowest BCUT2D eigenvalue weighted by Gasteiger charge is -2.17. The maximum atomic E-state index is 4.43. The predicted molar refractivity (Wildman–Crippen MR) is 80.1 cm³/mol. The highest BCUT2D eigenvalue weighted by molar-refractivity contribution is 9.10. The van der Waals surface area contributed by atoms with Gasteiger partial charge in [0.05, 0.1) is 17.4 Å². The molecule has 0 aliphatic carbocycles. The molecule has 0 bridgehead atoms. The molecule has 98 valence electrons. The number of nitrogens with zero attached hydrogens (tertiary/aromatic N) is 2. The van der Waals surface area contributed by atoms with Gasteiger partial charge in [0, 0.05) is 22.8 Å². The second-order valence-electron chi connectivity index (χ2n) is 4.34. The molecule has 1 atom stereocenters. The van der Waals surface area contributed by atoms with Crippen molar-refractivity contribution in [2.24, 2.45) is 7.05 Å². The van der Waals surface area contributed by atoms with Crippen molar-refractivity contribution in [1.29, 1.82) is 0 Å². The van der Waals surface area contributed by atoms with Crippen LogP contribution in [0.1, 0.15) is 29.2 Å². The van der Waals surface area contributed by atoms with Crippen LogP contribution in [0.5, 0.6) is 0 Å². The van der Waals surface area contributed by atoms with Crippen LogP contribution in [0.4, 0.5) is 0 Å². The summed E-state index contributed by atoms with van der Waals surface area (Å²) in [6.45, 7) is 5.13. The van der Waals surface area contributed by atoms with Crippen LogP contribution in [0.2, 0.25) is 0 Å². The van der Waals surface area contributed by atoms with Crippen molar-refractivity contribution in [3.05, 3.63) is 38.3 Å². The SMILES string of the molecule is CCNC(Cc1sccc1Br)c1cc(C)nn1C. The van der Waals surface area contributed by atoms with E-state index in [1.165, 1.54) is 15.0 Å². The molecule has 0 saturated heterocycles. The third-order valence-electron chi connectivity index (χ3n) is 2.93. The van der Waals surface area contributed by atoms with E-state index in [2.05, 4.69) is 50.8 Å². The molecule has 0 spiro atoms. The van der Waals surface area contributed by atoms with E-state index >= 15 is 0 Å². The fraction of sp³-hybridized carbons (Fsp3) is 0.462. The minimum atomic E-state index is 0.316. The van der Waals surface area contributed by atoms with Crippen LogP contribution in [0, 0.1) is 6.92 Å². The molecule has 0 radical (unpaired) electrons. The summed E-state index contributed by atoms with van der Waals surface area (Å²) in [5, 5.41) is 10.1. The summed E-state index contributed by atoms with van der Waals surface area (Å²) in [5.41, 5.74) is 2.32. The molecule has 2 rings (SSSR count). The molecular weight excluding hydrogens is 310 g/mol. The molecule has 1 N–H and O–H groups in total. The highest BCUT2D eigenvalue weighted by Crippen LogP contribution is 2.28. The second-order valence-corrected chi connectivity index (χ2v) is 6.20. The molecule has 2 aromatic heterocycles. The summed E-state index contributed by atoms with van der Waals surface area (Å²) in [7, 11) is 2.01. The van der Waals surface area contributed by atoms with E-state index < -0.39 is 0 Å². The van der Waals surface area contributed by atoms with Crippen LogP contribution < -0.4 is 5.32 Å². The van der Waals surface area contributed by atoms with Crippen LogP contribution in [-0.2, 0) is 13.5 Å². The lowest BCUT2D eigenvalue weighted by Crippen LogP contribution is -2.25. The van der Waals surface area contributed by atoms with E-state index in [0.717, 1.165) is 18.7 Å². The van der Waals surface area contributed by atoms with Crippen molar-refractivity contribution in [2.45, 2.75) is 26.3 Å². The maximum Gasteiger partial charge on any atom is 0.0597 e. The van der Waals surface area contributed by atoms with Crippen LogP contribution in [0.15, 0.2) is 22.0 Å². The van der Waals surface area contributed by atoms with E-state index in [-0.39, 0.29) is 0 Å². The highest BCUT2D eigenvalue weighted by Gasteiger charge is 2.17. The fourth-order valence-corrected chi connectivity index (χ4v) is 3.70. The third kappa shape index (κ3) is 3.02. The highest BCUT2D eigenvalue weighted by atomic mass is 79.9. The van der Waals surface area contributed by atoms with Crippen molar-refractivity contribution in [2.75, 3.05) is 6.54 Å². The number of nitrogens with one attached hydrogen (secondary N) is 1. The zero-order valence-electron chi connectivity index (χ0n) is 10.9. The van der Waals surface area contributed by atoms with Crippen LogP contribution >= 0.6 is 27.3 Å². The maximum absolute atomic E-state index is 4.43. The number of halogens is 1. The molecular formula is C13H18BrN3S. The molecule has 18 heavy (non-hydrogen) atoms. The number of aromatic nitrogens is 2. The first-order chi connectivity index (χ1) is 8.61. The molecule has 2 aromatic rings. The van der Waals surface area contributed by atoms with Gasteiger partial charge in [-0.25, -0.2) is 0 Å². The average Bonchev–Trinajstić information content (AvgIpc) is 2.85. The first-order valence-electron chi connectivity index (χ1n) is 6.07. The molecule has 3 nitrogen and oxygen atoms in total. The van der Waals surface area contributed by atoms with Crippen molar-refractivity contribution in [1.82, 2.24) is 15.1 Å². The van der Waals surface area contributed by atoms with Gasteiger partial charge in [0.25, 0.3) is 0 Å². The van der Waals surface area contributed by atoms with Crippen molar-refractivity contribution in [3.8, 4) is 0 Å². The number of likely N-dealkylation sites (N-methyl/N-ethyl adjacent to an activating group) is 1. The Morgan fingerprint density at radius 2 is 2.33 bits per heavy atom. The number of hydrogen-bond donors (Lipinski definition) is 1. The summed E-state index contributed by atoms with van der Waals surface area (Å²) in [5.74, 6) is 0. The average molecular weight is 328 g/mol. The molecule has 1 unspecified atom stereocenters. The summed E-state index contributed by atoms with van der Waals surface area (Å²) < 4.78 is 3.18. The van der Waals surface area contributed by atoms with Gasteiger partial charge in [-0.3, -0.25) is 4.68 Å². The first kappa shape index (κ1) is 13.8. The smallest absolute Gasteiger partial charge is 0.0597 e. The quantitative estimate of drug-likeness (QED) is 0.911. The Balaban J connectivity index is 2.23. The van der Waals surface area contributed by atoms with Gasteiger partial charge in [-0.1, -0.05) is 6.92 Å². The van der Waals surface area contributed by atoms with Gasteiger partial charge in [-0.2, -0.15) is 5.10 Å². The topological polar surface area (TPSA) is 29.9 Å². The molecule has 0 aliphatic rings. The van der Waals surface area contributed by atoms with E-state index in [9.17, 15) is 0 Å². The summed E-state index contributed by atoms with van der Waals surface area (Å²) >= 11 is 5.40. The number of rotatable bonds is 5. The summed E-state index contributed by atoms with van der Waals surface area (Å²) in [6.07, 6.45) is 0.991. The standard InChI is InChI=1S/C13H18BrN3S/c1-4-15-11(8-13-10(14)5-6-18-13)12-7-9(2)16-17(12)3/h5-7,11,15H,4,8H2,1-3H3. The molecule has 5 heteroatoms. The van der Waals surface area contributed by atoms with Crippen LogP contribution in [0.25, 0.3) is 0 Å². The predicted octanol–water partition coefficient (Wildman–Crippen LogP) is 3.45. The van der Waals surface area contributed by atoms with E-state index in [1.54, 1.807) is 11.3 Å². The Hall–Kier alpha value is -0.650.